The summed E-state index contributed by atoms with van der Waals surface area (Å²) in [5, 5.41) is 0. The van der Waals surface area contributed by atoms with Crippen molar-refractivity contribution >= 4 is 37.6 Å². The summed E-state index contributed by atoms with van der Waals surface area (Å²) in [5.41, 5.74) is 11.4. The van der Waals surface area contributed by atoms with Crippen molar-refractivity contribution in [2.75, 3.05) is 6.26 Å². The van der Waals surface area contributed by atoms with E-state index in [2.05, 4.69) is 27.8 Å². The quantitative estimate of drug-likeness (QED) is 0.580. The number of guanidine groups is 1. The monoisotopic (exact) mass is 415 g/mol. The van der Waals surface area contributed by atoms with E-state index in [4.69, 9.17) is 11.5 Å². The Labute approximate surface area is 150 Å². The number of rotatable bonds is 3. The van der Waals surface area contributed by atoms with Crippen LogP contribution in [-0.2, 0) is 9.84 Å². The van der Waals surface area contributed by atoms with Crippen molar-refractivity contribution < 1.29 is 13.2 Å². The van der Waals surface area contributed by atoms with Crippen LogP contribution >= 0.6 is 15.9 Å². The van der Waals surface area contributed by atoms with E-state index < -0.39 is 15.7 Å². The van der Waals surface area contributed by atoms with Gasteiger partial charge in [-0.15, -0.1) is 0 Å². The SMILES string of the molecule is CC1CCC(c2ccc(C(=O)N=C(N)N)c(Br)c2S(C)(=O)=O)CC1. The number of amides is 1. The topological polar surface area (TPSA) is 116 Å². The summed E-state index contributed by atoms with van der Waals surface area (Å²) < 4.78 is 24.9. The average molecular weight is 416 g/mol. The molecular formula is C16H22BrN3O3S. The third kappa shape index (κ3) is 4.16. The third-order valence-electron chi connectivity index (χ3n) is 4.42. The van der Waals surface area contributed by atoms with Gasteiger partial charge in [0.25, 0.3) is 5.91 Å². The molecule has 0 bridgehead atoms. The van der Waals surface area contributed by atoms with Crippen molar-refractivity contribution in [1.82, 2.24) is 0 Å². The Hall–Kier alpha value is -1.41. The van der Waals surface area contributed by atoms with Gasteiger partial charge in [0.05, 0.1) is 10.5 Å². The number of nitrogens with two attached hydrogens (primary N) is 2. The molecule has 1 fully saturated rings. The van der Waals surface area contributed by atoms with Crippen LogP contribution in [-0.4, -0.2) is 26.5 Å². The van der Waals surface area contributed by atoms with Gasteiger partial charge in [0.15, 0.2) is 15.8 Å². The molecule has 0 spiro atoms. The van der Waals surface area contributed by atoms with Crippen LogP contribution in [0.2, 0.25) is 0 Å². The minimum absolute atomic E-state index is 0.136. The number of halogens is 1. The molecule has 1 aliphatic rings. The van der Waals surface area contributed by atoms with Gasteiger partial charge in [-0.1, -0.05) is 25.8 Å². The molecule has 4 N–H and O–H groups in total. The molecule has 132 valence electrons. The highest BCUT2D eigenvalue weighted by molar-refractivity contribution is 9.10. The normalized spacial score (nSPS) is 21.3. The molecule has 0 aromatic heterocycles. The predicted molar refractivity (Wildman–Crippen MR) is 97.8 cm³/mol. The van der Waals surface area contributed by atoms with E-state index in [1.807, 2.05) is 0 Å². The zero-order chi connectivity index (χ0) is 18.1. The lowest BCUT2D eigenvalue weighted by atomic mass is 9.79. The Morgan fingerprint density at radius 2 is 1.79 bits per heavy atom. The standard InChI is InChI=1S/C16H22BrN3O3S/c1-9-3-5-10(6-4-9)11-7-8-12(15(21)20-16(18)19)13(17)14(11)24(2,22)23/h7-10H,3-6H2,1-2H3,(H4,18,19,20,21). The van der Waals surface area contributed by atoms with E-state index in [-0.39, 0.29) is 26.8 Å². The summed E-state index contributed by atoms with van der Waals surface area (Å²) in [6.45, 7) is 2.21. The second-order valence-electron chi connectivity index (χ2n) is 6.42. The van der Waals surface area contributed by atoms with Crippen molar-refractivity contribution in [3.63, 3.8) is 0 Å². The Bertz CT molecular complexity index is 778. The number of carbonyl (C=O) groups excluding carboxylic acids is 1. The van der Waals surface area contributed by atoms with Gasteiger partial charge in [-0.3, -0.25) is 4.79 Å². The van der Waals surface area contributed by atoms with Crippen LogP contribution in [0.3, 0.4) is 0 Å². The molecular weight excluding hydrogens is 394 g/mol. The summed E-state index contributed by atoms with van der Waals surface area (Å²) in [6, 6.07) is 3.30. The molecule has 0 atom stereocenters. The highest BCUT2D eigenvalue weighted by Crippen LogP contribution is 2.41. The molecule has 1 amide bonds. The summed E-state index contributed by atoms with van der Waals surface area (Å²) in [7, 11) is -3.52. The van der Waals surface area contributed by atoms with Crippen LogP contribution in [0.25, 0.3) is 0 Å². The molecule has 6 nitrogen and oxygen atoms in total. The molecule has 24 heavy (non-hydrogen) atoms. The molecule has 0 unspecified atom stereocenters. The van der Waals surface area contributed by atoms with Crippen molar-refractivity contribution in [3.8, 4) is 0 Å². The average Bonchev–Trinajstić information content (AvgIpc) is 2.45. The molecule has 0 radical (unpaired) electrons. The van der Waals surface area contributed by atoms with Crippen LogP contribution < -0.4 is 11.5 Å². The second-order valence-corrected chi connectivity index (χ2v) is 9.16. The van der Waals surface area contributed by atoms with Crippen LogP contribution in [0, 0.1) is 5.92 Å². The van der Waals surface area contributed by atoms with Crippen LogP contribution in [0.5, 0.6) is 0 Å². The Morgan fingerprint density at radius 3 is 2.29 bits per heavy atom. The zero-order valence-electron chi connectivity index (χ0n) is 13.8. The number of hydrogen-bond acceptors (Lipinski definition) is 3. The lowest BCUT2D eigenvalue weighted by Crippen LogP contribution is -2.24. The fourth-order valence-corrected chi connectivity index (χ4v) is 5.69. The van der Waals surface area contributed by atoms with E-state index >= 15 is 0 Å². The van der Waals surface area contributed by atoms with E-state index in [0.29, 0.717) is 5.92 Å². The largest absolute Gasteiger partial charge is 0.370 e. The maximum atomic E-state index is 12.4. The van der Waals surface area contributed by atoms with Gasteiger partial charge in [0.2, 0.25) is 0 Å². The number of benzene rings is 1. The molecule has 1 aliphatic carbocycles. The predicted octanol–water partition coefficient (Wildman–Crippen LogP) is 2.56. The maximum absolute atomic E-state index is 12.4. The van der Waals surface area contributed by atoms with Crippen molar-refractivity contribution in [2.24, 2.45) is 22.4 Å². The Kier molecular flexibility index (Phi) is 5.70. The van der Waals surface area contributed by atoms with E-state index in [0.717, 1.165) is 37.5 Å². The Morgan fingerprint density at radius 1 is 1.21 bits per heavy atom. The number of hydrogen-bond donors (Lipinski definition) is 2. The minimum atomic E-state index is -3.52. The summed E-state index contributed by atoms with van der Waals surface area (Å²) in [5.74, 6) is -0.197. The van der Waals surface area contributed by atoms with Gasteiger partial charge in [-0.2, -0.15) is 4.99 Å². The van der Waals surface area contributed by atoms with Crippen molar-refractivity contribution in [3.05, 3.63) is 27.7 Å². The summed E-state index contributed by atoms with van der Waals surface area (Å²) in [4.78, 5) is 15.8. The van der Waals surface area contributed by atoms with Crippen LogP contribution in [0.15, 0.2) is 26.5 Å². The van der Waals surface area contributed by atoms with Gasteiger partial charge in [-0.05, 0) is 52.2 Å². The summed E-state index contributed by atoms with van der Waals surface area (Å²) in [6.07, 6.45) is 5.17. The van der Waals surface area contributed by atoms with Gasteiger partial charge in [-0.25, -0.2) is 8.42 Å². The number of aliphatic imine (C=N–C) groups is 1. The second kappa shape index (κ2) is 7.23. The molecule has 1 aromatic carbocycles. The van der Waals surface area contributed by atoms with Crippen LogP contribution in [0.4, 0.5) is 0 Å². The highest BCUT2D eigenvalue weighted by Gasteiger charge is 2.29. The molecule has 0 heterocycles. The molecule has 8 heteroatoms. The number of carbonyl (C=O) groups is 1. The summed E-state index contributed by atoms with van der Waals surface area (Å²) >= 11 is 3.29. The fraction of sp³-hybridized carbons (Fsp3) is 0.500. The smallest absolute Gasteiger partial charge is 0.281 e. The fourth-order valence-electron chi connectivity index (χ4n) is 3.18. The first kappa shape index (κ1) is 18.9. The first-order valence-electron chi connectivity index (χ1n) is 7.77. The number of nitrogens with zero attached hydrogens (tertiary/aromatic N) is 1. The first-order chi connectivity index (χ1) is 11.1. The zero-order valence-corrected chi connectivity index (χ0v) is 16.2. The van der Waals surface area contributed by atoms with E-state index in [9.17, 15) is 13.2 Å². The molecule has 1 saturated carbocycles. The van der Waals surface area contributed by atoms with Crippen molar-refractivity contribution in [1.29, 1.82) is 0 Å². The molecule has 1 aromatic rings. The van der Waals surface area contributed by atoms with Crippen molar-refractivity contribution in [2.45, 2.75) is 43.4 Å². The highest BCUT2D eigenvalue weighted by atomic mass is 79.9. The molecule has 0 aliphatic heterocycles. The van der Waals surface area contributed by atoms with Gasteiger partial charge < -0.3 is 11.5 Å². The molecule has 0 saturated heterocycles. The lowest BCUT2D eigenvalue weighted by molar-refractivity contribution is 0.100. The first-order valence-corrected chi connectivity index (χ1v) is 10.5. The third-order valence-corrected chi connectivity index (χ3v) is 6.68. The minimum Gasteiger partial charge on any atom is -0.370 e. The van der Waals surface area contributed by atoms with Gasteiger partial charge in [0.1, 0.15) is 0 Å². The van der Waals surface area contributed by atoms with E-state index in [1.165, 1.54) is 0 Å². The Balaban J connectivity index is 2.56. The number of sulfone groups is 1. The lowest BCUT2D eigenvalue weighted by Gasteiger charge is -2.28. The van der Waals surface area contributed by atoms with Gasteiger partial charge >= 0.3 is 0 Å². The maximum Gasteiger partial charge on any atom is 0.281 e. The van der Waals surface area contributed by atoms with E-state index in [1.54, 1.807) is 12.1 Å². The molecule has 2 rings (SSSR count). The van der Waals surface area contributed by atoms with Crippen LogP contribution in [0.1, 0.15) is 54.4 Å². The van der Waals surface area contributed by atoms with Gasteiger partial charge in [0, 0.05) is 10.7 Å².